The van der Waals surface area contributed by atoms with Crippen LogP contribution in [0.3, 0.4) is 0 Å². The van der Waals surface area contributed by atoms with Crippen molar-refractivity contribution in [1.82, 2.24) is 21.4 Å². The summed E-state index contributed by atoms with van der Waals surface area (Å²) in [5.74, 6) is -2.41. The molecule has 240 valence electrons. The third-order valence-electron chi connectivity index (χ3n) is 7.90. The quantitative estimate of drug-likeness (QED) is 0.0657. The molecular weight excluding hydrogens is 584 g/mol. The summed E-state index contributed by atoms with van der Waals surface area (Å²) in [6.45, 7) is 2.31. The number of hydrogen-bond acceptors (Lipinski definition) is 6. The molecule has 0 radical (unpaired) electrons. The van der Waals surface area contributed by atoms with Gasteiger partial charge >= 0.3 is 0 Å². The maximum Gasteiger partial charge on any atom is 0.243 e. The van der Waals surface area contributed by atoms with Crippen molar-refractivity contribution in [2.24, 2.45) is 17.4 Å². The van der Waals surface area contributed by atoms with Gasteiger partial charge in [-0.1, -0.05) is 73.4 Å². The van der Waals surface area contributed by atoms with Gasteiger partial charge in [-0.2, -0.15) is 0 Å². The van der Waals surface area contributed by atoms with E-state index in [-0.39, 0.29) is 42.4 Å². The number of carbonyl (C=O) groups excluding carboxylic acids is 3. The van der Waals surface area contributed by atoms with Crippen LogP contribution in [0, 0.1) is 23.7 Å². The van der Waals surface area contributed by atoms with Crippen molar-refractivity contribution in [1.29, 1.82) is 10.8 Å². The molecule has 2 aromatic rings. The lowest BCUT2D eigenvalue weighted by Crippen LogP contribution is -2.56. The van der Waals surface area contributed by atoms with Crippen LogP contribution >= 0.6 is 12.4 Å². The summed E-state index contributed by atoms with van der Waals surface area (Å²) in [6, 6.07) is 12.9. The third kappa shape index (κ3) is 10.8. The van der Waals surface area contributed by atoms with Crippen LogP contribution in [0.25, 0.3) is 0 Å². The highest BCUT2D eigenvalue weighted by molar-refractivity contribution is 5.95. The minimum atomic E-state index is -0.928. The van der Waals surface area contributed by atoms with Crippen LogP contribution in [-0.4, -0.2) is 53.4 Å². The van der Waals surface area contributed by atoms with E-state index in [2.05, 4.69) is 16.0 Å². The van der Waals surface area contributed by atoms with Gasteiger partial charge < -0.3 is 27.4 Å². The standard InChI is InChI=1S/C31H44N8O4.ClH/c1-19-7-5-10-23(17-19)24(18-20-12-14-22(15-13-20)27(32)39-43)29(41)38-26(21-8-3-2-4-9-21)30(42)37-25(28(33)40)11-6-16-36-31(34)35;/h5,7,10,12-15,17,21,24-26,43H,2-4,6,8-9,11,16,18H2,1H3,(H2,32,39)(H2,33,40)(H,37,42)(H,38,41)(H4,34,35,36);1H. The number of halogens is 1. The van der Waals surface area contributed by atoms with Crippen LogP contribution in [0.1, 0.15) is 73.1 Å². The van der Waals surface area contributed by atoms with E-state index in [1.54, 1.807) is 24.3 Å². The number of hydrogen-bond donors (Lipinski definition) is 9. The van der Waals surface area contributed by atoms with Gasteiger partial charge in [0.1, 0.15) is 17.9 Å². The fourth-order valence-electron chi connectivity index (χ4n) is 5.55. The van der Waals surface area contributed by atoms with E-state index in [9.17, 15) is 14.4 Å². The van der Waals surface area contributed by atoms with E-state index in [1.165, 1.54) is 0 Å². The highest BCUT2D eigenvalue weighted by atomic mass is 35.5. The first-order chi connectivity index (χ1) is 20.6. The Balaban J connectivity index is 0.00000675. The second kappa shape index (κ2) is 17.8. The molecule has 2 aromatic carbocycles. The van der Waals surface area contributed by atoms with Crippen LogP contribution in [0.5, 0.6) is 0 Å². The second-order valence-electron chi connectivity index (χ2n) is 11.2. The van der Waals surface area contributed by atoms with Crippen LogP contribution in [0.4, 0.5) is 0 Å². The molecule has 0 aromatic heterocycles. The van der Waals surface area contributed by atoms with E-state index >= 15 is 0 Å². The molecule has 1 fully saturated rings. The summed E-state index contributed by atoms with van der Waals surface area (Å²) in [5, 5.41) is 32.6. The fourth-order valence-corrected chi connectivity index (χ4v) is 5.55. The van der Waals surface area contributed by atoms with Crippen molar-refractivity contribution in [2.45, 2.75) is 76.3 Å². The zero-order chi connectivity index (χ0) is 31.4. The summed E-state index contributed by atoms with van der Waals surface area (Å²) in [6.07, 6.45) is 5.59. The summed E-state index contributed by atoms with van der Waals surface area (Å²) in [5.41, 5.74) is 15.9. The Hall–Kier alpha value is -4.16. The SMILES string of the molecule is Cc1cccc(C(Cc2ccc(C(=N)NO)cc2)C(=O)NC(C(=O)NC(CCCNC(=N)N)C(N)=O)C2CCCCC2)c1.Cl. The molecule has 3 unspecified atom stereocenters. The van der Waals surface area contributed by atoms with Gasteiger partial charge in [0.05, 0.1) is 5.92 Å². The molecule has 1 aliphatic carbocycles. The van der Waals surface area contributed by atoms with Crippen LogP contribution in [-0.2, 0) is 20.8 Å². The molecule has 3 rings (SSSR count). The monoisotopic (exact) mass is 628 g/mol. The van der Waals surface area contributed by atoms with Crippen LogP contribution in [0.2, 0.25) is 0 Å². The molecule has 0 saturated heterocycles. The Morgan fingerprint density at radius 2 is 1.66 bits per heavy atom. The first kappa shape index (κ1) is 36.0. The van der Waals surface area contributed by atoms with Gasteiger partial charge in [0, 0.05) is 12.1 Å². The number of guanidine groups is 1. The van der Waals surface area contributed by atoms with Crippen molar-refractivity contribution < 1.29 is 19.6 Å². The second-order valence-corrected chi connectivity index (χ2v) is 11.2. The zero-order valence-corrected chi connectivity index (χ0v) is 25.8. The number of hydroxylamine groups is 1. The first-order valence-corrected chi connectivity index (χ1v) is 14.7. The number of benzene rings is 2. The number of aryl methyl sites for hydroxylation is 1. The van der Waals surface area contributed by atoms with Gasteiger partial charge in [0.25, 0.3) is 0 Å². The molecule has 0 aliphatic heterocycles. The molecule has 0 bridgehead atoms. The lowest BCUT2D eigenvalue weighted by molar-refractivity contribution is -0.133. The lowest BCUT2D eigenvalue weighted by atomic mass is 9.82. The molecule has 12 nitrogen and oxygen atoms in total. The predicted octanol–water partition coefficient (Wildman–Crippen LogP) is 2.35. The number of amides is 3. The maximum absolute atomic E-state index is 14.0. The van der Waals surface area contributed by atoms with Gasteiger partial charge in [-0.15, -0.1) is 12.4 Å². The van der Waals surface area contributed by atoms with Gasteiger partial charge in [-0.3, -0.25) is 35.9 Å². The molecule has 3 amide bonds. The van der Waals surface area contributed by atoms with E-state index in [4.69, 9.17) is 27.5 Å². The number of nitrogens with one attached hydrogen (secondary N) is 6. The Labute approximate surface area is 264 Å². The summed E-state index contributed by atoms with van der Waals surface area (Å²) in [7, 11) is 0. The summed E-state index contributed by atoms with van der Waals surface area (Å²) < 4.78 is 0. The molecule has 3 atom stereocenters. The lowest BCUT2D eigenvalue weighted by Gasteiger charge is -2.32. The van der Waals surface area contributed by atoms with E-state index < -0.39 is 29.8 Å². The summed E-state index contributed by atoms with van der Waals surface area (Å²) >= 11 is 0. The Morgan fingerprint density at radius 1 is 0.977 bits per heavy atom. The van der Waals surface area contributed by atoms with Crippen molar-refractivity contribution >= 4 is 41.9 Å². The van der Waals surface area contributed by atoms with Crippen molar-refractivity contribution in [3.8, 4) is 0 Å². The predicted molar refractivity (Wildman–Crippen MR) is 172 cm³/mol. The number of amidine groups is 1. The molecule has 0 heterocycles. The maximum atomic E-state index is 14.0. The number of rotatable bonds is 14. The minimum absolute atomic E-state index is 0. The largest absolute Gasteiger partial charge is 0.370 e. The van der Waals surface area contributed by atoms with Crippen LogP contribution in [0.15, 0.2) is 48.5 Å². The molecule has 44 heavy (non-hydrogen) atoms. The van der Waals surface area contributed by atoms with Gasteiger partial charge in [0.2, 0.25) is 17.7 Å². The highest BCUT2D eigenvalue weighted by Gasteiger charge is 2.35. The zero-order valence-electron chi connectivity index (χ0n) is 25.0. The average molecular weight is 629 g/mol. The Morgan fingerprint density at radius 3 is 2.25 bits per heavy atom. The van der Waals surface area contributed by atoms with E-state index in [0.29, 0.717) is 24.9 Å². The van der Waals surface area contributed by atoms with Gasteiger partial charge in [0.15, 0.2) is 5.96 Å². The minimum Gasteiger partial charge on any atom is -0.370 e. The Bertz CT molecular complexity index is 1280. The van der Waals surface area contributed by atoms with E-state index in [1.807, 2.05) is 36.7 Å². The molecular formula is C31H45ClN8O4. The van der Waals surface area contributed by atoms with Crippen molar-refractivity contribution in [3.63, 3.8) is 0 Å². The number of carbonyl (C=O) groups is 3. The normalized spacial score (nSPS) is 15.0. The average Bonchev–Trinajstić information content (AvgIpc) is 3.00. The molecule has 0 spiro atoms. The van der Waals surface area contributed by atoms with E-state index in [0.717, 1.165) is 48.8 Å². The summed E-state index contributed by atoms with van der Waals surface area (Å²) in [4.78, 5) is 39.9. The smallest absolute Gasteiger partial charge is 0.243 e. The number of primary amides is 1. The molecule has 1 saturated carbocycles. The Kier molecular flexibility index (Phi) is 14.6. The van der Waals surface area contributed by atoms with Gasteiger partial charge in [-0.25, -0.2) is 0 Å². The topological polar surface area (TPSA) is 219 Å². The number of nitrogens with two attached hydrogens (primary N) is 2. The molecule has 11 N–H and O–H groups in total. The van der Waals surface area contributed by atoms with Crippen LogP contribution < -0.4 is 32.9 Å². The molecule has 1 aliphatic rings. The van der Waals surface area contributed by atoms with Gasteiger partial charge in [-0.05, 0) is 56.1 Å². The van der Waals surface area contributed by atoms with Crippen molar-refractivity contribution in [2.75, 3.05) is 6.54 Å². The fraction of sp³-hybridized carbons (Fsp3) is 0.452. The van der Waals surface area contributed by atoms with Crippen molar-refractivity contribution in [3.05, 3.63) is 70.8 Å². The first-order valence-electron chi connectivity index (χ1n) is 14.7. The molecule has 13 heteroatoms. The highest BCUT2D eigenvalue weighted by Crippen LogP contribution is 2.29. The third-order valence-corrected chi connectivity index (χ3v) is 7.90.